The standard InChI is InChI=1S/C13H11ClN4OS2/c1-7-4-12(19)18-13(16-7)21-11(17-18)6-20-10-5-8(14)2-3-9(10)15/h2-5H,6,15H2,1H3. The third-order valence-electron chi connectivity index (χ3n) is 2.74. The van der Waals surface area contributed by atoms with Crippen molar-refractivity contribution in [1.29, 1.82) is 0 Å². The number of halogens is 1. The van der Waals surface area contributed by atoms with Crippen molar-refractivity contribution >= 4 is 45.3 Å². The van der Waals surface area contributed by atoms with E-state index in [-0.39, 0.29) is 5.56 Å². The molecule has 0 saturated heterocycles. The molecule has 1 aromatic carbocycles. The second-order valence-electron chi connectivity index (χ2n) is 4.40. The Morgan fingerprint density at radius 1 is 1.43 bits per heavy atom. The second kappa shape index (κ2) is 5.67. The van der Waals surface area contributed by atoms with Crippen LogP contribution in [0, 0.1) is 6.92 Å². The van der Waals surface area contributed by atoms with E-state index in [2.05, 4.69) is 10.1 Å². The molecule has 21 heavy (non-hydrogen) atoms. The van der Waals surface area contributed by atoms with E-state index >= 15 is 0 Å². The average molecular weight is 339 g/mol. The summed E-state index contributed by atoms with van der Waals surface area (Å²) in [5, 5.41) is 5.74. The predicted molar refractivity (Wildman–Crippen MR) is 87.3 cm³/mol. The minimum atomic E-state index is -0.160. The molecular formula is C13H11ClN4OS2. The molecule has 0 aliphatic rings. The normalized spacial score (nSPS) is 11.1. The van der Waals surface area contributed by atoms with E-state index in [0.29, 0.717) is 27.1 Å². The van der Waals surface area contributed by atoms with Crippen molar-refractivity contribution in [2.45, 2.75) is 17.6 Å². The topological polar surface area (TPSA) is 73.3 Å². The summed E-state index contributed by atoms with van der Waals surface area (Å²) in [5.41, 5.74) is 7.12. The number of benzene rings is 1. The van der Waals surface area contributed by atoms with Crippen LogP contribution < -0.4 is 11.3 Å². The van der Waals surface area contributed by atoms with Crippen LogP contribution in [0.1, 0.15) is 10.7 Å². The number of anilines is 1. The van der Waals surface area contributed by atoms with Gasteiger partial charge in [-0.25, -0.2) is 4.98 Å². The van der Waals surface area contributed by atoms with E-state index in [4.69, 9.17) is 17.3 Å². The summed E-state index contributed by atoms with van der Waals surface area (Å²) in [5.74, 6) is 0.608. The summed E-state index contributed by atoms with van der Waals surface area (Å²) in [7, 11) is 0. The zero-order valence-corrected chi connectivity index (χ0v) is 13.4. The van der Waals surface area contributed by atoms with Crippen LogP contribution in [0.15, 0.2) is 34.0 Å². The fraction of sp³-hybridized carbons (Fsp3) is 0.154. The molecule has 5 nitrogen and oxygen atoms in total. The molecule has 2 aromatic heterocycles. The summed E-state index contributed by atoms with van der Waals surface area (Å²) in [6, 6.07) is 6.82. The number of aromatic nitrogens is 3. The summed E-state index contributed by atoms with van der Waals surface area (Å²) >= 11 is 8.90. The van der Waals surface area contributed by atoms with Crippen LogP contribution in [0.25, 0.3) is 4.96 Å². The monoisotopic (exact) mass is 338 g/mol. The van der Waals surface area contributed by atoms with Crippen LogP contribution in [0.4, 0.5) is 5.69 Å². The molecule has 3 aromatic rings. The van der Waals surface area contributed by atoms with Gasteiger partial charge in [0.05, 0.1) is 5.75 Å². The molecule has 3 rings (SSSR count). The van der Waals surface area contributed by atoms with E-state index in [9.17, 15) is 4.79 Å². The third kappa shape index (κ3) is 3.04. The summed E-state index contributed by atoms with van der Waals surface area (Å²) in [4.78, 5) is 17.6. The molecule has 0 bridgehead atoms. The fourth-order valence-corrected chi connectivity index (χ4v) is 3.96. The Morgan fingerprint density at radius 3 is 3.05 bits per heavy atom. The molecule has 0 saturated carbocycles. The van der Waals surface area contributed by atoms with Crippen LogP contribution in [0.2, 0.25) is 5.02 Å². The molecule has 0 aliphatic heterocycles. The molecule has 0 fully saturated rings. The van der Waals surface area contributed by atoms with Crippen molar-refractivity contribution in [2.75, 3.05) is 5.73 Å². The Bertz CT molecular complexity index is 874. The lowest BCUT2D eigenvalue weighted by Gasteiger charge is -2.03. The number of thioether (sulfide) groups is 1. The highest BCUT2D eigenvalue weighted by molar-refractivity contribution is 7.98. The first-order chi connectivity index (χ1) is 10.0. The first-order valence-electron chi connectivity index (χ1n) is 6.07. The van der Waals surface area contributed by atoms with Crippen molar-refractivity contribution in [3.05, 3.63) is 50.3 Å². The largest absolute Gasteiger partial charge is 0.398 e. The highest BCUT2D eigenvalue weighted by Crippen LogP contribution is 2.31. The van der Waals surface area contributed by atoms with Crippen LogP contribution in [-0.4, -0.2) is 14.6 Å². The van der Waals surface area contributed by atoms with Crippen LogP contribution >= 0.6 is 34.7 Å². The fourth-order valence-electron chi connectivity index (χ4n) is 1.79. The van der Waals surface area contributed by atoms with Crippen LogP contribution in [-0.2, 0) is 5.75 Å². The molecule has 0 radical (unpaired) electrons. The average Bonchev–Trinajstić information content (AvgIpc) is 2.83. The Morgan fingerprint density at radius 2 is 2.24 bits per heavy atom. The lowest BCUT2D eigenvalue weighted by atomic mass is 10.3. The highest BCUT2D eigenvalue weighted by atomic mass is 35.5. The van der Waals surface area contributed by atoms with E-state index in [0.717, 1.165) is 9.90 Å². The maximum Gasteiger partial charge on any atom is 0.275 e. The van der Waals surface area contributed by atoms with E-state index < -0.39 is 0 Å². The van der Waals surface area contributed by atoms with Gasteiger partial charge in [-0.15, -0.1) is 11.8 Å². The molecule has 2 N–H and O–H groups in total. The van der Waals surface area contributed by atoms with Gasteiger partial charge in [0.15, 0.2) is 0 Å². The Kier molecular flexibility index (Phi) is 3.88. The first-order valence-corrected chi connectivity index (χ1v) is 8.25. The molecule has 2 heterocycles. The summed E-state index contributed by atoms with van der Waals surface area (Å²) in [6.45, 7) is 1.79. The van der Waals surface area contributed by atoms with Crippen molar-refractivity contribution in [3.63, 3.8) is 0 Å². The van der Waals surface area contributed by atoms with Crippen molar-refractivity contribution in [2.24, 2.45) is 0 Å². The van der Waals surface area contributed by atoms with Crippen LogP contribution in [0.3, 0.4) is 0 Å². The second-order valence-corrected chi connectivity index (χ2v) is 6.89. The van der Waals surface area contributed by atoms with E-state index in [1.807, 2.05) is 6.07 Å². The van der Waals surface area contributed by atoms with Gasteiger partial charge >= 0.3 is 0 Å². The lowest BCUT2D eigenvalue weighted by Crippen LogP contribution is -2.14. The van der Waals surface area contributed by atoms with Gasteiger partial charge in [0.1, 0.15) is 5.01 Å². The van der Waals surface area contributed by atoms with Crippen LogP contribution in [0.5, 0.6) is 0 Å². The van der Waals surface area contributed by atoms with Gasteiger partial charge in [-0.05, 0) is 25.1 Å². The molecule has 0 spiro atoms. The number of hydrogen-bond donors (Lipinski definition) is 1. The van der Waals surface area contributed by atoms with Gasteiger partial charge in [-0.2, -0.15) is 9.61 Å². The van der Waals surface area contributed by atoms with Gasteiger partial charge in [-0.1, -0.05) is 22.9 Å². The molecule has 0 atom stereocenters. The summed E-state index contributed by atoms with van der Waals surface area (Å²) in [6.07, 6.45) is 0. The zero-order valence-electron chi connectivity index (χ0n) is 11.0. The minimum Gasteiger partial charge on any atom is -0.398 e. The number of nitrogens with two attached hydrogens (primary N) is 1. The number of hydrogen-bond acceptors (Lipinski definition) is 6. The summed E-state index contributed by atoms with van der Waals surface area (Å²) < 4.78 is 1.33. The predicted octanol–water partition coefficient (Wildman–Crippen LogP) is 2.99. The third-order valence-corrected chi connectivity index (χ3v) is 5.15. The molecule has 0 unspecified atom stereocenters. The molecule has 8 heteroatoms. The molecule has 0 amide bonds. The van der Waals surface area contributed by atoms with Crippen molar-refractivity contribution in [3.8, 4) is 0 Å². The maximum absolute atomic E-state index is 11.8. The number of rotatable bonds is 3. The smallest absolute Gasteiger partial charge is 0.275 e. The number of nitrogen functional groups attached to an aromatic ring is 1. The number of aryl methyl sites for hydroxylation is 1. The van der Waals surface area contributed by atoms with Gasteiger partial charge < -0.3 is 5.73 Å². The number of nitrogens with zero attached hydrogens (tertiary/aromatic N) is 3. The van der Waals surface area contributed by atoms with E-state index in [1.165, 1.54) is 33.7 Å². The Hall–Kier alpha value is -1.57. The quantitative estimate of drug-likeness (QED) is 0.587. The minimum absolute atomic E-state index is 0.160. The van der Waals surface area contributed by atoms with Gasteiger partial charge in [0, 0.05) is 27.4 Å². The van der Waals surface area contributed by atoms with Gasteiger partial charge in [0.25, 0.3) is 5.56 Å². The SMILES string of the molecule is Cc1cc(=O)n2nc(CSc3cc(Cl)ccc3N)sc2n1. The van der Waals surface area contributed by atoms with Crippen molar-refractivity contribution < 1.29 is 0 Å². The maximum atomic E-state index is 11.8. The van der Waals surface area contributed by atoms with Gasteiger partial charge in [0.2, 0.25) is 4.96 Å². The molecule has 0 aliphatic carbocycles. The Labute approximate surface area is 133 Å². The zero-order chi connectivity index (χ0) is 15.0. The molecule has 108 valence electrons. The lowest BCUT2D eigenvalue weighted by molar-refractivity contribution is 0.870. The van der Waals surface area contributed by atoms with Gasteiger partial charge in [-0.3, -0.25) is 4.79 Å². The van der Waals surface area contributed by atoms with Crippen molar-refractivity contribution in [1.82, 2.24) is 14.6 Å². The van der Waals surface area contributed by atoms with E-state index in [1.54, 1.807) is 19.1 Å². The first kappa shape index (κ1) is 14.4. The Balaban J connectivity index is 1.87. The highest BCUT2D eigenvalue weighted by Gasteiger charge is 2.09. The molecular weight excluding hydrogens is 328 g/mol. The number of fused-ring (bicyclic) bond motifs is 1.